The summed E-state index contributed by atoms with van der Waals surface area (Å²) in [6.45, 7) is 8.26. The Morgan fingerprint density at radius 1 is 0.895 bits per heavy atom. The highest BCUT2D eigenvalue weighted by molar-refractivity contribution is 5.48. The first-order valence-corrected chi connectivity index (χ1v) is 7.80. The van der Waals surface area contributed by atoms with Crippen LogP contribution in [0.5, 0.6) is 0 Å². The molecule has 0 aliphatic heterocycles. The molecule has 0 fully saturated rings. The van der Waals surface area contributed by atoms with Crippen LogP contribution in [-0.4, -0.2) is 24.5 Å². The van der Waals surface area contributed by atoms with Gasteiger partial charge < -0.3 is 4.90 Å². The molecule has 19 heavy (non-hydrogen) atoms. The van der Waals surface area contributed by atoms with Gasteiger partial charge in [0.25, 0.3) is 0 Å². The Balaban J connectivity index is 2.28. The van der Waals surface area contributed by atoms with Crippen molar-refractivity contribution >= 4 is 6.08 Å². The Labute approximate surface area is 119 Å². The fourth-order valence-electron chi connectivity index (χ4n) is 2.14. The van der Waals surface area contributed by atoms with Crippen molar-refractivity contribution in [3.05, 3.63) is 42.0 Å². The molecule has 0 radical (unpaired) electrons. The lowest BCUT2D eigenvalue weighted by Crippen LogP contribution is -2.26. The van der Waals surface area contributed by atoms with E-state index in [1.54, 1.807) is 0 Å². The van der Waals surface area contributed by atoms with Crippen LogP contribution in [0.1, 0.15) is 51.5 Å². The van der Waals surface area contributed by atoms with E-state index in [0.29, 0.717) is 0 Å². The minimum Gasteiger partial charge on any atom is -0.303 e. The predicted octanol–water partition coefficient (Wildman–Crippen LogP) is 4.99. The van der Waals surface area contributed by atoms with E-state index >= 15 is 0 Å². The first kappa shape index (κ1) is 16.0. The smallest absolute Gasteiger partial charge is 0.00160 e. The Morgan fingerprint density at radius 2 is 1.53 bits per heavy atom. The second-order valence-electron chi connectivity index (χ2n) is 5.15. The van der Waals surface area contributed by atoms with Crippen molar-refractivity contribution < 1.29 is 0 Å². The van der Waals surface area contributed by atoms with Crippen LogP contribution in [0.4, 0.5) is 0 Å². The molecule has 0 unspecified atom stereocenters. The molecule has 0 N–H and O–H groups in total. The molecule has 1 rings (SSSR count). The van der Waals surface area contributed by atoms with Crippen molar-refractivity contribution in [2.24, 2.45) is 0 Å². The van der Waals surface area contributed by atoms with E-state index in [1.807, 2.05) is 0 Å². The third kappa shape index (κ3) is 7.84. The van der Waals surface area contributed by atoms with Gasteiger partial charge in [0.1, 0.15) is 0 Å². The molecule has 0 aliphatic carbocycles. The molecule has 106 valence electrons. The summed E-state index contributed by atoms with van der Waals surface area (Å²) in [5.41, 5.74) is 1.30. The second kappa shape index (κ2) is 10.8. The Hall–Kier alpha value is -1.08. The molecule has 0 heterocycles. The van der Waals surface area contributed by atoms with Gasteiger partial charge in [-0.2, -0.15) is 0 Å². The zero-order chi connectivity index (χ0) is 13.8. The molecule has 0 saturated heterocycles. The van der Waals surface area contributed by atoms with Crippen molar-refractivity contribution in [2.45, 2.75) is 46.0 Å². The summed E-state index contributed by atoms with van der Waals surface area (Å²) in [6, 6.07) is 10.6. The molecule has 1 nitrogen and oxygen atoms in total. The highest BCUT2D eigenvalue weighted by Gasteiger charge is 2.01. The molecule has 0 atom stereocenters. The van der Waals surface area contributed by atoms with E-state index in [2.05, 4.69) is 61.2 Å². The molecule has 0 spiro atoms. The summed E-state index contributed by atoms with van der Waals surface area (Å²) in [4.78, 5) is 2.61. The molecule has 0 aromatic heterocycles. The predicted molar refractivity (Wildman–Crippen MR) is 86.3 cm³/mol. The van der Waals surface area contributed by atoms with Crippen LogP contribution in [0.3, 0.4) is 0 Å². The minimum absolute atomic E-state index is 1.16. The lowest BCUT2D eigenvalue weighted by Gasteiger charge is -2.21. The normalized spacial score (nSPS) is 11.5. The average molecular weight is 259 g/mol. The van der Waals surface area contributed by atoms with Crippen LogP contribution in [0.25, 0.3) is 6.08 Å². The third-order valence-electron chi connectivity index (χ3n) is 3.38. The maximum absolute atomic E-state index is 2.61. The number of nitrogens with zero attached hydrogens (tertiary/aromatic N) is 1. The summed E-state index contributed by atoms with van der Waals surface area (Å²) in [5.74, 6) is 0. The SMILES string of the molecule is CCCCN(CCC=Cc1ccccc1)CCCC. The largest absolute Gasteiger partial charge is 0.303 e. The highest BCUT2D eigenvalue weighted by atomic mass is 15.1. The zero-order valence-corrected chi connectivity index (χ0v) is 12.6. The highest BCUT2D eigenvalue weighted by Crippen LogP contribution is 2.04. The number of benzene rings is 1. The summed E-state index contributed by atoms with van der Waals surface area (Å²) in [7, 11) is 0. The Bertz CT molecular complexity index is 321. The van der Waals surface area contributed by atoms with Crippen LogP contribution in [-0.2, 0) is 0 Å². The van der Waals surface area contributed by atoms with Gasteiger partial charge in [0, 0.05) is 6.54 Å². The summed E-state index contributed by atoms with van der Waals surface area (Å²) in [5, 5.41) is 0. The van der Waals surface area contributed by atoms with Gasteiger partial charge in [-0.1, -0.05) is 69.2 Å². The van der Waals surface area contributed by atoms with Crippen molar-refractivity contribution in [2.75, 3.05) is 19.6 Å². The van der Waals surface area contributed by atoms with Gasteiger partial charge in [0.05, 0.1) is 0 Å². The zero-order valence-electron chi connectivity index (χ0n) is 12.6. The number of hydrogen-bond acceptors (Lipinski definition) is 1. The van der Waals surface area contributed by atoms with E-state index in [1.165, 1.54) is 50.9 Å². The number of rotatable bonds is 10. The quantitative estimate of drug-likeness (QED) is 0.572. The van der Waals surface area contributed by atoms with E-state index in [9.17, 15) is 0 Å². The van der Waals surface area contributed by atoms with Crippen molar-refractivity contribution in [1.82, 2.24) is 4.90 Å². The molecular weight excluding hydrogens is 230 g/mol. The van der Waals surface area contributed by atoms with Gasteiger partial charge in [-0.3, -0.25) is 0 Å². The van der Waals surface area contributed by atoms with E-state index in [-0.39, 0.29) is 0 Å². The Morgan fingerprint density at radius 3 is 2.11 bits per heavy atom. The third-order valence-corrected chi connectivity index (χ3v) is 3.38. The van der Waals surface area contributed by atoms with Crippen molar-refractivity contribution in [1.29, 1.82) is 0 Å². The molecule has 0 bridgehead atoms. The van der Waals surface area contributed by atoms with Gasteiger partial charge in [0.15, 0.2) is 0 Å². The Kier molecular flexibility index (Phi) is 9.09. The van der Waals surface area contributed by atoms with Crippen LogP contribution >= 0.6 is 0 Å². The lowest BCUT2D eigenvalue weighted by molar-refractivity contribution is 0.270. The first-order valence-electron chi connectivity index (χ1n) is 7.80. The number of unbranched alkanes of at least 4 members (excludes halogenated alkanes) is 2. The summed E-state index contributed by atoms with van der Waals surface area (Å²) >= 11 is 0. The minimum atomic E-state index is 1.16. The van der Waals surface area contributed by atoms with Crippen LogP contribution in [0.15, 0.2) is 36.4 Å². The van der Waals surface area contributed by atoms with Gasteiger partial charge in [-0.05, 0) is 37.9 Å². The first-order chi connectivity index (χ1) is 9.36. The van der Waals surface area contributed by atoms with Gasteiger partial charge in [-0.15, -0.1) is 0 Å². The monoisotopic (exact) mass is 259 g/mol. The van der Waals surface area contributed by atoms with Crippen molar-refractivity contribution in [3.8, 4) is 0 Å². The van der Waals surface area contributed by atoms with E-state index < -0.39 is 0 Å². The van der Waals surface area contributed by atoms with Crippen LogP contribution in [0, 0.1) is 0 Å². The van der Waals surface area contributed by atoms with E-state index in [4.69, 9.17) is 0 Å². The average Bonchev–Trinajstić information content (AvgIpc) is 2.46. The summed E-state index contributed by atoms with van der Waals surface area (Å²) < 4.78 is 0. The summed E-state index contributed by atoms with van der Waals surface area (Å²) in [6.07, 6.45) is 10.9. The molecular formula is C18H29N. The maximum atomic E-state index is 2.61. The standard InChI is InChI=1S/C18H29N/c1-3-5-15-19(16-6-4-2)17-11-10-14-18-12-8-7-9-13-18/h7-10,12-14H,3-6,11,15-17H2,1-2H3. The van der Waals surface area contributed by atoms with E-state index in [0.717, 1.165) is 6.42 Å². The van der Waals surface area contributed by atoms with Crippen LogP contribution < -0.4 is 0 Å². The maximum Gasteiger partial charge on any atom is 0.00160 e. The fourth-order valence-corrected chi connectivity index (χ4v) is 2.14. The lowest BCUT2D eigenvalue weighted by atomic mass is 10.2. The topological polar surface area (TPSA) is 3.24 Å². The molecule has 1 aromatic rings. The van der Waals surface area contributed by atoms with Crippen molar-refractivity contribution in [3.63, 3.8) is 0 Å². The van der Waals surface area contributed by atoms with Gasteiger partial charge in [-0.25, -0.2) is 0 Å². The van der Waals surface area contributed by atoms with Gasteiger partial charge >= 0.3 is 0 Å². The fraction of sp³-hybridized carbons (Fsp3) is 0.556. The van der Waals surface area contributed by atoms with Crippen LogP contribution in [0.2, 0.25) is 0 Å². The molecule has 1 aromatic carbocycles. The second-order valence-corrected chi connectivity index (χ2v) is 5.15. The molecule has 0 saturated carbocycles. The van der Waals surface area contributed by atoms with Gasteiger partial charge in [0.2, 0.25) is 0 Å². The number of hydrogen-bond donors (Lipinski definition) is 0. The molecule has 0 aliphatic rings. The molecule has 1 heteroatoms. The molecule has 0 amide bonds.